The third-order valence-electron chi connectivity index (χ3n) is 3.27. The number of phenols is 4. The normalized spacial score (nSPS) is 10.7. The van der Waals surface area contributed by atoms with Crippen molar-refractivity contribution < 1.29 is 29.7 Å². The molecule has 0 unspecified atom stereocenters. The Morgan fingerprint density at radius 1 is 0.958 bits per heavy atom. The molecule has 9 heteroatoms. The van der Waals surface area contributed by atoms with E-state index in [9.17, 15) is 30.1 Å². The van der Waals surface area contributed by atoms with Crippen LogP contribution in [0.4, 0.5) is 0 Å². The van der Waals surface area contributed by atoms with Gasteiger partial charge in [0, 0.05) is 18.2 Å². The molecule has 0 fully saturated rings. The summed E-state index contributed by atoms with van der Waals surface area (Å²) < 4.78 is 5.41. The molecule has 0 aliphatic rings. The van der Waals surface area contributed by atoms with Crippen LogP contribution in [0, 0.1) is 4.91 Å². The summed E-state index contributed by atoms with van der Waals surface area (Å²) in [4.78, 5) is 27.3. The van der Waals surface area contributed by atoms with E-state index in [4.69, 9.17) is 4.42 Å². The molecule has 2 aromatic carbocycles. The maximum atomic E-state index is 12.5. The highest BCUT2D eigenvalue weighted by atomic mass is 16.7. The molecule has 0 radical (unpaired) electrons. The van der Waals surface area contributed by atoms with E-state index < -0.39 is 22.7 Å². The summed E-state index contributed by atoms with van der Waals surface area (Å²) in [5.74, 6) is -2.69. The standard InChI is InChI=1S/C15H9NO8/c17-6-1-2-8(9(19)3-6)14-15(24-16-22)13(21)12-10(20)4-7(18)5-11(12)23-14/h1-5,17-20H. The van der Waals surface area contributed by atoms with E-state index in [1.54, 1.807) is 0 Å². The summed E-state index contributed by atoms with van der Waals surface area (Å²) in [6, 6.07) is 5.38. The lowest BCUT2D eigenvalue weighted by molar-refractivity contribution is 0.324. The highest BCUT2D eigenvalue weighted by Gasteiger charge is 2.23. The van der Waals surface area contributed by atoms with Gasteiger partial charge in [-0.1, -0.05) is 0 Å². The van der Waals surface area contributed by atoms with Crippen LogP contribution in [0.3, 0.4) is 0 Å². The Bertz CT molecular complexity index is 1020. The number of benzene rings is 2. The zero-order valence-corrected chi connectivity index (χ0v) is 11.8. The number of rotatable bonds is 3. The highest BCUT2D eigenvalue weighted by Crippen LogP contribution is 2.39. The second kappa shape index (κ2) is 5.47. The molecule has 24 heavy (non-hydrogen) atoms. The molecule has 3 rings (SSSR count). The van der Waals surface area contributed by atoms with E-state index in [1.165, 1.54) is 12.1 Å². The van der Waals surface area contributed by atoms with Crippen molar-refractivity contribution in [1.82, 2.24) is 0 Å². The Kier molecular flexibility index (Phi) is 3.45. The van der Waals surface area contributed by atoms with Crippen molar-refractivity contribution in [2.75, 3.05) is 0 Å². The topological polar surface area (TPSA) is 150 Å². The van der Waals surface area contributed by atoms with Gasteiger partial charge < -0.3 is 29.7 Å². The summed E-state index contributed by atoms with van der Waals surface area (Å²) in [5, 5.41) is 40.4. The van der Waals surface area contributed by atoms with Gasteiger partial charge in [0.2, 0.25) is 5.43 Å². The van der Waals surface area contributed by atoms with Gasteiger partial charge in [0.25, 0.3) is 5.75 Å². The minimum absolute atomic E-state index is 0.0757. The van der Waals surface area contributed by atoms with Gasteiger partial charge in [0.15, 0.2) is 11.1 Å². The first-order valence-electron chi connectivity index (χ1n) is 6.47. The third kappa shape index (κ3) is 2.33. The number of phenolic OH excluding ortho intramolecular Hbond substituents is 4. The molecular formula is C15H9NO8. The molecule has 0 atom stereocenters. The summed E-state index contributed by atoms with van der Waals surface area (Å²) in [7, 11) is 0. The number of nitrogens with zero attached hydrogens (tertiary/aromatic N) is 1. The minimum Gasteiger partial charge on any atom is -0.508 e. The van der Waals surface area contributed by atoms with Crippen LogP contribution in [-0.4, -0.2) is 20.4 Å². The first-order valence-corrected chi connectivity index (χ1v) is 6.47. The molecule has 0 spiro atoms. The Morgan fingerprint density at radius 2 is 1.67 bits per heavy atom. The fourth-order valence-corrected chi connectivity index (χ4v) is 2.28. The van der Waals surface area contributed by atoms with Crippen LogP contribution in [0.25, 0.3) is 22.3 Å². The fraction of sp³-hybridized carbons (Fsp3) is 0. The van der Waals surface area contributed by atoms with Crippen LogP contribution in [0.15, 0.2) is 44.9 Å². The Balaban J connectivity index is 2.44. The maximum absolute atomic E-state index is 12.5. The van der Waals surface area contributed by atoms with Gasteiger partial charge >= 0.3 is 0 Å². The van der Waals surface area contributed by atoms with Crippen molar-refractivity contribution in [3.8, 4) is 40.1 Å². The van der Waals surface area contributed by atoms with Crippen LogP contribution in [0.1, 0.15) is 0 Å². The van der Waals surface area contributed by atoms with E-state index in [-0.39, 0.29) is 33.8 Å². The molecular weight excluding hydrogens is 322 g/mol. The molecule has 0 saturated carbocycles. The molecule has 1 heterocycles. The van der Waals surface area contributed by atoms with E-state index >= 15 is 0 Å². The monoisotopic (exact) mass is 331 g/mol. The molecule has 9 nitrogen and oxygen atoms in total. The number of hydrogen-bond acceptors (Lipinski definition) is 9. The number of aromatic hydroxyl groups is 4. The van der Waals surface area contributed by atoms with E-state index in [1.807, 2.05) is 0 Å². The lowest BCUT2D eigenvalue weighted by Crippen LogP contribution is -2.07. The average molecular weight is 331 g/mol. The van der Waals surface area contributed by atoms with Gasteiger partial charge in [-0.3, -0.25) is 4.79 Å². The number of hydrogen-bond donors (Lipinski definition) is 4. The fourth-order valence-electron chi connectivity index (χ4n) is 2.28. The van der Waals surface area contributed by atoms with Crippen molar-refractivity contribution in [1.29, 1.82) is 0 Å². The molecule has 0 aliphatic heterocycles. The molecule has 122 valence electrons. The molecule has 0 amide bonds. The van der Waals surface area contributed by atoms with Crippen molar-refractivity contribution in [3.05, 3.63) is 45.5 Å². The molecule has 0 bridgehead atoms. The quantitative estimate of drug-likeness (QED) is 0.422. The van der Waals surface area contributed by atoms with E-state index in [0.29, 0.717) is 0 Å². The summed E-state index contributed by atoms with van der Waals surface area (Å²) in [6.45, 7) is 0. The average Bonchev–Trinajstić information content (AvgIpc) is 2.49. The van der Waals surface area contributed by atoms with E-state index in [0.717, 1.165) is 18.2 Å². The highest BCUT2D eigenvalue weighted by molar-refractivity contribution is 5.88. The van der Waals surface area contributed by atoms with Crippen molar-refractivity contribution in [2.24, 2.45) is 5.34 Å². The van der Waals surface area contributed by atoms with Gasteiger partial charge in [-0.15, -0.1) is 4.91 Å². The van der Waals surface area contributed by atoms with Gasteiger partial charge in [-0.25, -0.2) is 0 Å². The zero-order chi connectivity index (χ0) is 17.4. The Hall–Kier alpha value is -3.75. The molecule has 4 N–H and O–H groups in total. The van der Waals surface area contributed by atoms with Crippen molar-refractivity contribution in [3.63, 3.8) is 0 Å². The van der Waals surface area contributed by atoms with Crippen LogP contribution in [0.5, 0.6) is 28.7 Å². The smallest absolute Gasteiger partial charge is 0.252 e. The minimum atomic E-state index is -0.934. The molecule has 3 aromatic rings. The predicted octanol–water partition coefficient (Wildman–Crippen LogP) is 2.34. The number of fused-ring (bicyclic) bond motifs is 1. The maximum Gasteiger partial charge on any atom is 0.252 e. The first kappa shape index (κ1) is 15.2. The van der Waals surface area contributed by atoms with Crippen molar-refractivity contribution in [2.45, 2.75) is 0 Å². The summed E-state index contributed by atoms with van der Waals surface area (Å²) in [6.07, 6.45) is 0. The SMILES string of the molecule is O=NOc1c(-c2ccc(O)cc2O)oc2cc(O)cc(O)c2c1=O. The van der Waals surface area contributed by atoms with Crippen LogP contribution in [0.2, 0.25) is 0 Å². The van der Waals surface area contributed by atoms with Crippen molar-refractivity contribution >= 4 is 11.0 Å². The first-order chi connectivity index (χ1) is 11.4. The largest absolute Gasteiger partial charge is 0.508 e. The molecule has 0 saturated heterocycles. The van der Waals surface area contributed by atoms with Crippen LogP contribution in [-0.2, 0) is 0 Å². The third-order valence-corrected chi connectivity index (χ3v) is 3.27. The Labute approximate surface area is 132 Å². The zero-order valence-electron chi connectivity index (χ0n) is 11.8. The van der Waals surface area contributed by atoms with Crippen LogP contribution >= 0.6 is 0 Å². The lowest BCUT2D eigenvalue weighted by atomic mass is 10.1. The van der Waals surface area contributed by atoms with Crippen LogP contribution < -0.4 is 10.3 Å². The Morgan fingerprint density at radius 3 is 2.33 bits per heavy atom. The summed E-state index contributed by atoms with van der Waals surface area (Å²) >= 11 is 0. The second-order valence-corrected chi connectivity index (χ2v) is 4.79. The molecule has 1 aromatic heterocycles. The predicted molar refractivity (Wildman–Crippen MR) is 81.0 cm³/mol. The van der Waals surface area contributed by atoms with Gasteiger partial charge in [0.05, 0.1) is 5.56 Å². The van der Waals surface area contributed by atoms with Gasteiger partial charge in [0.1, 0.15) is 34.0 Å². The second-order valence-electron chi connectivity index (χ2n) is 4.79. The lowest BCUT2D eigenvalue weighted by Gasteiger charge is -2.09. The summed E-state index contributed by atoms with van der Waals surface area (Å²) in [5.41, 5.74) is -1.22. The van der Waals surface area contributed by atoms with E-state index in [2.05, 4.69) is 10.2 Å². The van der Waals surface area contributed by atoms with Gasteiger partial charge in [-0.05, 0) is 12.1 Å². The van der Waals surface area contributed by atoms with Gasteiger partial charge in [-0.2, -0.15) is 0 Å². The molecule has 0 aliphatic carbocycles.